The summed E-state index contributed by atoms with van der Waals surface area (Å²) in [5, 5.41) is 11.9. The Hall–Kier alpha value is -1.70. The number of nitrogens with one attached hydrogen (secondary N) is 1. The smallest absolute Gasteiger partial charge is 0.356 e. The van der Waals surface area contributed by atoms with Crippen LogP contribution in [-0.4, -0.2) is 47.5 Å². The number of rotatable bonds is 7. The van der Waals surface area contributed by atoms with E-state index in [9.17, 15) is 13.2 Å². The van der Waals surface area contributed by atoms with Crippen LogP contribution in [0.25, 0.3) is 0 Å². The Labute approximate surface area is 118 Å². The van der Waals surface area contributed by atoms with Crippen LogP contribution in [0.1, 0.15) is 43.0 Å². The molecule has 0 unspecified atom stereocenters. The molecule has 0 atom stereocenters. The molecule has 8 heteroatoms. The molecule has 7 nitrogen and oxygen atoms in total. The van der Waals surface area contributed by atoms with Crippen molar-refractivity contribution in [2.75, 3.05) is 23.4 Å². The molecule has 0 radical (unpaired) electrons. The van der Waals surface area contributed by atoms with Crippen LogP contribution in [0.15, 0.2) is 6.20 Å². The molecule has 0 saturated carbocycles. The number of nitrogens with zero attached hydrogens (tertiary/aromatic N) is 2. The molecule has 20 heavy (non-hydrogen) atoms. The van der Waals surface area contributed by atoms with Crippen molar-refractivity contribution in [3.63, 3.8) is 0 Å². The summed E-state index contributed by atoms with van der Waals surface area (Å²) in [6.45, 7) is 5.42. The third kappa shape index (κ3) is 4.44. The zero-order chi connectivity index (χ0) is 15.3. The van der Waals surface area contributed by atoms with Crippen molar-refractivity contribution in [1.82, 2.24) is 9.97 Å². The summed E-state index contributed by atoms with van der Waals surface area (Å²) >= 11 is 0. The number of anilines is 1. The first kappa shape index (κ1) is 16.4. The summed E-state index contributed by atoms with van der Waals surface area (Å²) < 4.78 is 22.7. The van der Waals surface area contributed by atoms with Gasteiger partial charge in [0.1, 0.15) is 5.82 Å². The van der Waals surface area contributed by atoms with E-state index in [1.54, 1.807) is 6.92 Å². The molecule has 0 spiro atoms. The van der Waals surface area contributed by atoms with Crippen LogP contribution in [0.3, 0.4) is 0 Å². The molecule has 0 fully saturated rings. The lowest BCUT2D eigenvalue weighted by molar-refractivity contribution is 0.0691. The Morgan fingerprint density at radius 2 is 2.10 bits per heavy atom. The average Bonchev–Trinajstić information content (AvgIpc) is 2.38. The minimum Gasteiger partial charge on any atom is -0.476 e. The first-order valence-corrected chi connectivity index (χ1v) is 8.13. The highest BCUT2D eigenvalue weighted by Gasteiger charge is 2.16. The highest BCUT2D eigenvalue weighted by Crippen LogP contribution is 2.16. The van der Waals surface area contributed by atoms with Gasteiger partial charge >= 0.3 is 5.97 Å². The Morgan fingerprint density at radius 3 is 2.60 bits per heavy atom. The number of carboxylic acid groups (broad SMARTS) is 1. The van der Waals surface area contributed by atoms with E-state index in [4.69, 9.17) is 5.11 Å². The fourth-order valence-corrected chi connectivity index (χ4v) is 2.15. The van der Waals surface area contributed by atoms with Crippen LogP contribution in [0, 0.1) is 0 Å². The topological polar surface area (TPSA) is 109 Å². The Morgan fingerprint density at radius 1 is 1.45 bits per heavy atom. The van der Waals surface area contributed by atoms with Crippen molar-refractivity contribution in [3.8, 4) is 0 Å². The van der Waals surface area contributed by atoms with Crippen LogP contribution < -0.4 is 5.32 Å². The largest absolute Gasteiger partial charge is 0.476 e. The second-order valence-electron chi connectivity index (χ2n) is 4.61. The van der Waals surface area contributed by atoms with E-state index in [1.165, 1.54) is 6.20 Å². The van der Waals surface area contributed by atoms with Gasteiger partial charge in [0.15, 0.2) is 15.5 Å². The Bertz CT molecular complexity index is 584. The summed E-state index contributed by atoms with van der Waals surface area (Å²) in [7, 11) is -3.10. The lowest BCUT2D eigenvalue weighted by Gasteiger charge is -2.11. The highest BCUT2D eigenvalue weighted by molar-refractivity contribution is 7.91. The van der Waals surface area contributed by atoms with E-state index in [-0.39, 0.29) is 35.3 Å². The second-order valence-corrected chi connectivity index (χ2v) is 7.09. The quantitative estimate of drug-likeness (QED) is 0.777. The molecular formula is C12H19N3O4S. The SMILES string of the molecule is CCS(=O)(=O)CCNc1cnc(C(C)C)nc1C(=O)O. The number of hydrogen-bond acceptors (Lipinski definition) is 6. The van der Waals surface area contributed by atoms with Crippen molar-refractivity contribution >= 4 is 21.5 Å². The fraction of sp³-hybridized carbons (Fsp3) is 0.583. The van der Waals surface area contributed by atoms with Crippen LogP contribution >= 0.6 is 0 Å². The van der Waals surface area contributed by atoms with Gasteiger partial charge < -0.3 is 10.4 Å². The molecule has 0 aliphatic carbocycles. The van der Waals surface area contributed by atoms with Crippen LogP contribution in [0.5, 0.6) is 0 Å². The van der Waals surface area contributed by atoms with Crippen molar-refractivity contribution in [2.24, 2.45) is 0 Å². The zero-order valence-electron chi connectivity index (χ0n) is 11.8. The van der Waals surface area contributed by atoms with E-state index in [0.717, 1.165) is 0 Å². The van der Waals surface area contributed by atoms with Crippen LogP contribution in [-0.2, 0) is 9.84 Å². The molecule has 0 bridgehead atoms. The molecule has 2 N–H and O–H groups in total. The van der Waals surface area contributed by atoms with Gasteiger partial charge in [-0.15, -0.1) is 0 Å². The number of aromatic carboxylic acids is 1. The van der Waals surface area contributed by atoms with Gasteiger partial charge in [-0.1, -0.05) is 20.8 Å². The van der Waals surface area contributed by atoms with Gasteiger partial charge in [-0.3, -0.25) is 0 Å². The minimum absolute atomic E-state index is 0.0163. The van der Waals surface area contributed by atoms with Crippen molar-refractivity contribution in [3.05, 3.63) is 17.7 Å². The third-order valence-corrected chi connectivity index (χ3v) is 4.40. The normalized spacial score (nSPS) is 11.6. The standard InChI is InChI=1S/C12H19N3O4S/c1-4-20(18,19)6-5-13-9-7-14-11(8(2)3)15-10(9)12(16)17/h7-8,13H,4-6H2,1-3H3,(H,16,17). The van der Waals surface area contributed by atoms with E-state index < -0.39 is 15.8 Å². The zero-order valence-corrected chi connectivity index (χ0v) is 12.6. The monoisotopic (exact) mass is 301 g/mol. The maximum Gasteiger partial charge on any atom is 0.356 e. The number of sulfone groups is 1. The Kier molecular flexibility index (Phi) is 5.43. The number of carbonyl (C=O) groups is 1. The predicted molar refractivity (Wildman–Crippen MR) is 75.9 cm³/mol. The van der Waals surface area contributed by atoms with Gasteiger partial charge in [-0.2, -0.15) is 0 Å². The van der Waals surface area contributed by atoms with Crippen LogP contribution in [0.2, 0.25) is 0 Å². The average molecular weight is 301 g/mol. The summed E-state index contributed by atoms with van der Waals surface area (Å²) in [4.78, 5) is 19.2. The molecule has 1 aromatic rings. The molecule has 112 valence electrons. The molecular weight excluding hydrogens is 282 g/mol. The van der Waals surface area contributed by atoms with Crippen molar-refractivity contribution < 1.29 is 18.3 Å². The van der Waals surface area contributed by atoms with Crippen molar-refractivity contribution in [2.45, 2.75) is 26.7 Å². The molecule has 0 aromatic carbocycles. The third-order valence-electron chi connectivity index (χ3n) is 2.69. The summed E-state index contributed by atoms with van der Waals surface area (Å²) in [6.07, 6.45) is 1.38. The lowest BCUT2D eigenvalue weighted by atomic mass is 10.2. The van der Waals surface area contributed by atoms with Crippen LogP contribution in [0.4, 0.5) is 5.69 Å². The first-order valence-electron chi connectivity index (χ1n) is 6.31. The first-order chi connectivity index (χ1) is 9.26. The fourth-order valence-electron chi connectivity index (χ4n) is 1.45. The maximum absolute atomic E-state index is 11.4. The summed E-state index contributed by atoms with van der Waals surface area (Å²) in [5.74, 6) is -0.718. The maximum atomic E-state index is 11.4. The molecule has 0 aliphatic rings. The molecule has 0 amide bonds. The molecule has 1 heterocycles. The minimum atomic E-state index is -3.10. The van der Waals surface area contributed by atoms with E-state index in [2.05, 4.69) is 15.3 Å². The number of carboxylic acids is 1. The summed E-state index contributed by atoms with van der Waals surface area (Å²) in [5.41, 5.74) is 0.0887. The number of aromatic nitrogens is 2. The van der Waals surface area contributed by atoms with Gasteiger partial charge in [0.2, 0.25) is 0 Å². The lowest BCUT2D eigenvalue weighted by Crippen LogP contribution is -2.19. The van der Waals surface area contributed by atoms with Gasteiger partial charge in [0.05, 0.1) is 17.6 Å². The van der Waals surface area contributed by atoms with Crippen molar-refractivity contribution in [1.29, 1.82) is 0 Å². The number of hydrogen-bond donors (Lipinski definition) is 2. The van der Waals surface area contributed by atoms with E-state index >= 15 is 0 Å². The molecule has 0 saturated heterocycles. The predicted octanol–water partition coefficient (Wildman–Crippen LogP) is 1.14. The van der Waals surface area contributed by atoms with E-state index in [1.807, 2.05) is 13.8 Å². The second kappa shape index (κ2) is 6.65. The Balaban J connectivity index is 2.87. The van der Waals surface area contributed by atoms with Gasteiger partial charge in [-0.25, -0.2) is 23.2 Å². The van der Waals surface area contributed by atoms with Gasteiger partial charge in [0.25, 0.3) is 0 Å². The van der Waals surface area contributed by atoms with Gasteiger partial charge in [-0.05, 0) is 0 Å². The molecule has 1 rings (SSSR count). The van der Waals surface area contributed by atoms with E-state index in [0.29, 0.717) is 5.82 Å². The molecule has 0 aliphatic heterocycles. The van der Waals surface area contributed by atoms with Gasteiger partial charge in [0, 0.05) is 18.2 Å². The highest BCUT2D eigenvalue weighted by atomic mass is 32.2. The summed E-state index contributed by atoms with van der Waals surface area (Å²) in [6, 6.07) is 0. The molecule has 1 aromatic heterocycles.